The Morgan fingerprint density at radius 1 is 0.812 bits per heavy atom. The quantitative estimate of drug-likeness (QED) is 0.496. The number of nitrogens with one attached hydrogen (secondary N) is 1. The van der Waals surface area contributed by atoms with Gasteiger partial charge in [0.15, 0.2) is 0 Å². The summed E-state index contributed by atoms with van der Waals surface area (Å²) in [6, 6.07) is 21.1. The molecule has 0 atom stereocenters. The molecule has 0 saturated carbocycles. The molecule has 1 N–H and O–H groups in total. The minimum atomic E-state index is -0.306. The monoisotopic (exact) mass is 444 g/mol. The van der Waals surface area contributed by atoms with Gasteiger partial charge in [-0.15, -0.1) is 0 Å². The number of benzene rings is 3. The Hall–Kier alpha value is -3.37. The minimum absolute atomic E-state index is 0.278. The van der Waals surface area contributed by atoms with Crippen molar-refractivity contribution in [2.24, 2.45) is 0 Å². The summed E-state index contributed by atoms with van der Waals surface area (Å²) < 4.78 is 0. The van der Waals surface area contributed by atoms with E-state index < -0.39 is 0 Å². The number of rotatable bonds is 6. The van der Waals surface area contributed by atoms with Gasteiger partial charge in [-0.2, -0.15) is 0 Å². The van der Waals surface area contributed by atoms with Crippen LogP contribution in [0.15, 0.2) is 72.4 Å². The first kappa shape index (κ1) is 21.8. The number of carbonyl (C=O) groups excluding carboxylic acids is 2. The highest BCUT2D eigenvalue weighted by Gasteiger charge is 2.39. The van der Waals surface area contributed by atoms with E-state index >= 15 is 0 Å². The first-order valence-electron chi connectivity index (χ1n) is 10.6. The van der Waals surface area contributed by atoms with Crippen LogP contribution in [0, 0.1) is 20.8 Å². The van der Waals surface area contributed by atoms with Crippen LogP contribution < -0.4 is 5.32 Å². The third kappa shape index (κ3) is 4.46. The predicted molar refractivity (Wildman–Crippen MR) is 130 cm³/mol. The maximum atomic E-state index is 13.4. The van der Waals surface area contributed by atoms with E-state index in [9.17, 15) is 9.59 Å². The number of nitrogens with zero attached hydrogens (tertiary/aromatic N) is 1. The number of amides is 2. The van der Waals surface area contributed by atoms with Crippen LogP contribution in [0.5, 0.6) is 0 Å². The number of imide groups is 1. The van der Waals surface area contributed by atoms with Gasteiger partial charge >= 0.3 is 0 Å². The van der Waals surface area contributed by atoms with E-state index in [0.29, 0.717) is 29.3 Å². The van der Waals surface area contributed by atoms with Crippen LogP contribution >= 0.6 is 11.6 Å². The van der Waals surface area contributed by atoms with Crippen LogP contribution in [-0.2, 0) is 16.0 Å². The molecule has 5 heteroatoms. The van der Waals surface area contributed by atoms with Crippen LogP contribution in [0.4, 0.5) is 5.69 Å². The SMILES string of the molecule is Cc1ccc(C2=C(Nc3ccc(C)cc3C)C(=O)N(CCc3ccc(Cl)cc3)C2=O)cc1. The minimum Gasteiger partial charge on any atom is -0.350 e. The second-order valence-corrected chi connectivity index (χ2v) is 8.63. The van der Waals surface area contributed by atoms with Gasteiger partial charge in [0.1, 0.15) is 5.70 Å². The number of anilines is 1. The average Bonchev–Trinajstić information content (AvgIpc) is 2.99. The van der Waals surface area contributed by atoms with E-state index in [0.717, 1.165) is 33.5 Å². The number of halogens is 1. The maximum Gasteiger partial charge on any atom is 0.278 e. The summed E-state index contributed by atoms with van der Waals surface area (Å²) in [7, 11) is 0. The smallest absolute Gasteiger partial charge is 0.278 e. The van der Waals surface area contributed by atoms with Gasteiger partial charge in [-0.1, -0.05) is 71.3 Å². The van der Waals surface area contributed by atoms with Crippen molar-refractivity contribution in [1.29, 1.82) is 0 Å². The molecular formula is C27H25ClN2O2. The van der Waals surface area contributed by atoms with Crippen LogP contribution in [-0.4, -0.2) is 23.3 Å². The van der Waals surface area contributed by atoms with Crippen LogP contribution in [0.3, 0.4) is 0 Å². The van der Waals surface area contributed by atoms with E-state index in [2.05, 4.69) is 5.32 Å². The first-order chi connectivity index (χ1) is 15.3. The topological polar surface area (TPSA) is 49.4 Å². The summed E-state index contributed by atoms with van der Waals surface area (Å²) in [5, 5.41) is 3.92. The highest BCUT2D eigenvalue weighted by Crippen LogP contribution is 2.32. The van der Waals surface area contributed by atoms with Crippen molar-refractivity contribution >= 4 is 34.7 Å². The van der Waals surface area contributed by atoms with E-state index in [1.165, 1.54) is 4.90 Å². The Morgan fingerprint density at radius 3 is 2.12 bits per heavy atom. The third-order valence-electron chi connectivity index (χ3n) is 5.69. The maximum absolute atomic E-state index is 13.4. The van der Waals surface area contributed by atoms with Crippen molar-refractivity contribution in [1.82, 2.24) is 4.90 Å². The van der Waals surface area contributed by atoms with Gasteiger partial charge in [0, 0.05) is 17.3 Å². The molecule has 1 aliphatic heterocycles. The fourth-order valence-electron chi connectivity index (χ4n) is 3.86. The molecule has 1 aliphatic rings. The molecule has 0 radical (unpaired) electrons. The molecule has 1 heterocycles. The van der Waals surface area contributed by atoms with E-state index in [1.807, 2.05) is 87.5 Å². The van der Waals surface area contributed by atoms with Crippen molar-refractivity contribution in [3.05, 3.63) is 105 Å². The highest BCUT2D eigenvalue weighted by atomic mass is 35.5. The summed E-state index contributed by atoms with van der Waals surface area (Å²) in [4.78, 5) is 28.1. The van der Waals surface area contributed by atoms with Crippen LogP contribution in [0.25, 0.3) is 5.57 Å². The molecule has 0 aliphatic carbocycles. The largest absolute Gasteiger partial charge is 0.350 e. The molecule has 2 amide bonds. The molecule has 0 fully saturated rings. The van der Waals surface area contributed by atoms with E-state index in [1.54, 1.807) is 0 Å². The summed E-state index contributed by atoms with van der Waals surface area (Å²) in [6.07, 6.45) is 0.562. The zero-order valence-corrected chi connectivity index (χ0v) is 19.2. The molecule has 4 nitrogen and oxygen atoms in total. The molecule has 0 saturated heterocycles. The normalized spacial score (nSPS) is 13.8. The molecule has 0 unspecified atom stereocenters. The molecule has 0 bridgehead atoms. The molecule has 4 rings (SSSR count). The van der Waals surface area contributed by atoms with Gasteiger partial charge in [0.05, 0.1) is 5.57 Å². The fourth-order valence-corrected chi connectivity index (χ4v) is 3.99. The Labute approximate surface area is 193 Å². The predicted octanol–water partition coefficient (Wildman–Crippen LogP) is 5.70. The van der Waals surface area contributed by atoms with Gasteiger partial charge in [-0.25, -0.2) is 0 Å². The lowest BCUT2D eigenvalue weighted by molar-refractivity contribution is -0.136. The Balaban J connectivity index is 1.67. The van der Waals surface area contributed by atoms with Gasteiger partial charge in [-0.05, 0) is 62.1 Å². The standard InChI is InChI=1S/C27H25ClN2O2/c1-17-4-9-21(10-5-17)24-25(29-23-13-6-18(2)16-19(23)3)27(32)30(26(24)31)15-14-20-7-11-22(28)12-8-20/h4-13,16,29H,14-15H2,1-3H3. The number of aryl methyl sites for hydroxylation is 3. The van der Waals surface area contributed by atoms with Crippen molar-refractivity contribution in [2.45, 2.75) is 27.2 Å². The highest BCUT2D eigenvalue weighted by molar-refractivity contribution is 6.36. The van der Waals surface area contributed by atoms with Crippen LogP contribution in [0.2, 0.25) is 5.02 Å². The second-order valence-electron chi connectivity index (χ2n) is 8.20. The summed E-state index contributed by atoms with van der Waals surface area (Å²) in [5.41, 5.74) is 6.54. The lowest BCUT2D eigenvalue weighted by Crippen LogP contribution is -2.34. The van der Waals surface area contributed by atoms with E-state index in [4.69, 9.17) is 11.6 Å². The molecule has 3 aromatic rings. The Kier molecular flexibility index (Phi) is 6.15. The van der Waals surface area contributed by atoms with Crippen LogP contribution in [0.1, 0.15) is 27.8 Å². The lowest BCUT2D eigenvalue weighted by Gasteiger charge is -2.16. The molecular weight excluding hydrogens is 420 g/mol. The summed E-state index contributed by atoms with van der Waals surface area (Å²) >= 11 is 5.97. The molecule has 32 heavy (non-hydrogen) atoms. The van der Waals surface area contributed by atoms with Crippen molar-refractivity contribution in [3.8, 4) is 0 Å². The molecule has 162 valence electrons. The molecule has 0 spiro atoms. The van der Waals surface area contributed by atoms with Gasteiger partial charge in [-0.3, -0.25) is 14.5 Å². The molecule has 0 aromatic heterocycles. The van der Waals surface area contributed by atoms with E-state index in [-0.39, 0.29) is 11.8 Å². The Bertz CT molecular complexity index is 1210. The summed E-state index contributed by atoms with van der Waals surface area (Å²) in [6.45, 7) is 6.30. The first-order valence-corrected chi connectivity index (χ1v) is 11.0. The number of hydrogen-bond donors (Lipinski definition) is 1. The number of carbonyl (C=O) groups is 2. The lowest BCUT2D eigenvalue weighted by atomic mass is 10.0. The summed E-state index contributed by atoms with van der Waals surface area (Å²) in [5.74, 6) is -0.584. The second kappa shape index (κ2) is 9.01. The van der Waals surface area contributed by atoms with Gasteiger partial charge < -0.3 is 5.32 Å². The fraction of sp³-hybridized carbons (Fsp3) is 0.185. The van der Waals surface area contributed by atoms with Gasteiger partial charge in [0.25, 0.3) is 11.8 Å². The van der Waals surface area contributed by atoms with Crippen molar-refractivity contribution < 1.29 is 9.59 Å². The zero-order chi connectivity index (χ0) is 22.8. The van der Waals surface area contributed by atoms with Crippen molar-refractivity contribution in [3.63, 3.8) is 0 Å². The average molecular weight is 445 g/mol. The zero-order valence-electron chi connectivity index (χ0n) is 18.4. The third-order valence-corrected chi connectivity index (χ3v) is 5.94. The Morgan fingerprint density at radius 2 is 1.47 bits per heavy atom. The number of hydrogen-bond acceptors (Lipinski definition) is 3. The van der Waals surface area contributed by atoms with Gasteiger partial charge in [0.2, 0.25) is 0 Å². The van der Waals surface area contributed by atoms with Crippen molar-refractivity contribution in [2.75, 3.05) is 11.9 Å². The molecule has 3 aromatic carbocycles.